The number of carbonyl (C=O) groups excluding carboxylic acids is 1. The largest absolute Gasteiger partial charge is 0.457 e. The standard InChI is InChI=1S/C19H25NO3/c1-14(12-13-20(3)4)22-19(21)18-11-10-17(23-18)15(2)16-8-6-5-7-9-16/h5-11,14-15H,12-13H2,1-4H3/p+1. The van der Waals surface area contributed by atoms with Crippen molar-refractivity contribution in [1.82, 2.24) is 0 Å². The predicted molar refractivity (Wildman–Crippen MR) is 89.8 cm³/mol. The number of benzene rings is 1. The van der Waals surface area contributed by atoms with Gasteiger partial charge < -0.3 is 14.1 Å². The number of ether oxygens (including phenoxy) is 1. The summed E-state index contributed by atoms with van der Waals surface area (Å²) in [4.78, 5) is 13.5. The molecule has 0 spiro atoms. The van der Waals surface area contributed by atoms with Crippen LogP contribution in [0.5, 0.6) is 0 Å². The topological polar surface area (TPSA) is 43.9 Å². The molecule has 0 aliphatic heterocycles. The van der Waals surface area contributed by atoms with Gasteiger partial charge in [0.05, 0.1) is 20.6 Å². The number of esters is 1. The highest BCUT2D eigenvalue weighted by atomic mass is 16.6. The Balaban J connectivity index is 1.97. The molecule has 2 rings (SSSR count). The number of carbonyl (C=O) groups is 1. The molecule has 0 saturated carbocycles. The van der Waals surface area contributed by atoms with Crippen molar-refractivity contribution >= 4 is 5.97 Å². The average Bonchev–Trinajstić information content (AvgIpc) is 3.03. The Morgan fingerprint density at radius 2 is 1.83 bits per heavy atom. The molecule has 0 aliphatic carbocycles. The Morgan fingerprint density at radius 1 is 1.13 bits per heavy atom. The van der Waals surface area contributed by atoms with Gasteiger partial charge in [0, 0.05) is 12.3 Å². The lowest BCUT2D eigenvalue weighted by atomic mass is 9.99. The molecule has 0 saturated heterocycles. The van der Waals surface area contributed by atoms with Gasteiger partial charge in [-0.2, -0.15) is 0 Å². The molecule has 2 aromatic rings. The number of furan rings is 1. The van der Waals surface area contributed by atoms with Crippen LogP contribution in [0.15, 0.2) is 46.9 Å². The summed E-state index contributed by atoms with van der Waals surface area (Å²) in [6.45, 7) is 4.94. The molecule has 0 bridgehead atoms. The van der Waals surface area contributed by atoms with Gasteiger partial charge in [0.25, 0.3) is 0 Å². The maximum atomic E-state index is 12.1. The number of hydrogen-bond acceptors (Lipinski definition) is 3. The molecule has 0 fully saturated rings. The minimum Gasteiger partial charge on any atom is -0.457 e. The summed E-state index contributed by atoms with van der Waals surface area (Å²) in [6, 6.07) is 13.6. The molecule has 4 heteroatoms. The smallest absolute Gasteiger partial charge is 0.374 e. The van der Waals surface area contributed by atoms with Gasteiger partial charge in [0.1, 0.15) is 11.9 Å². The highest BCUT2D eigenvalue weighted by Crippen LogP contribution is 2.26. The second kappa shape index (κ2) is 7.97. The molecule has 1 N–H and O–H groups in total. The van der Waals surface area contributed by atoms with Crippen LogP contribution in [0.2, 0.25) is 0 Å². The Kier molecular flexibility index (Phi) is 5.99. The third-order valence-corrected chi connectivity index (χ3v) is 3.91. The van der Waals surface area contributed by atoms with E-state index in [-0.39, 0.29) is 17.8 Å². The Hall–Kier alpha value is -2.07. The summed E-state index contributed by atoms with van der Waals surface area (Å²) in [5.41, 5.74) is 1.16. The van der Waals surface area contributed by atoms with Crippen molar-refractivity contribution in [2.24, 2.45) is 0 Å². The number of quaternary nitrogens is 1. The van der Waals surface area contributed by atoms with Crippen molar-refractivity contribution in [2.45, 2.75) is 32.3 Å². The van der Waals surface area contributed by atoms with E-state index in [9.17, 15) is 4.79 Å². The second-order valence-corrected chi connectivity index (χ2v) is 6.30. The van der Waals surface area contributed by atoms with Crippen LogP contribution >= 0.6 is 0 Å². The fourth-order valence-electron chi connectivity index (χ4n) is 2.39. The highest BCUT2D eigenvalue weighted by molar-refractivity contribution is 5.86. The van der Waals surface area contributed by atoms with E-state index in [0.29, 0.717) is 0 Å². The minimum absolute atomic E-state index is 0.104. The zero-order valence-electron chi connectivity index (χ0n) is 14.3. The molecular formula is C19H26NO3+. The van der Waals surface area contributed by atoms with Gasteiger partial charge in [-0.15, -0.1) is 0 Å². The van der Waals surface area contributed by atoms with Gasteiger partial charge in [-0.3, -0.25) is 0 Å². The molecule has 1 heterocycles. The molecule has 0 aliphatic rings. The molecule has 0 radical (unpaired) electrons. The van der Waals surface area contributed by atoms with Crippen LogP contribution in [-0.2, 0) is 4.74 Å². The summed E-state index contributed by atoms with van der Waals surface area (Å²) in [6.07, 6.45) is 0.722. The van der Waals surface area contributed by atoms with Crippen molar-refractivity contribution in [3.05, 3.63) is 59.5 Å². The third-order valence-electron chi connectivity index (χ3n) is 3.91. The molecule has 124 valence electrons. The van der Waals surface area contributed by atoms with Crippen LogP contribution in [0, 0.1) is 0 Å². The van der Waals surface area contributed by atoms with Gasteiger partial charge in [-0.1, -0.05) is 37.3 Å². The van der Waals surface area contributed by atoms with Crippen molar-refractivity contribution in [2.75, 3.05) is 20.6 Å². The molecule has 2 atom stereocenters. The molecule has 1 aromatic carbocycles. The number of rotatable bonds is 7. The fraction of sp³-hybridized carbons (Fsp3) is 0.421. The molecular weight excluding hydrogens is 290 g/mol. The van der Waals surface area contributed by atoms with Crippen molar-refractivity contribution < 1.29 is 18.8 Å². The summed E-state index contributed by atoms with van der Waals surface area (Å²) in [7, 11) is 4.16. The average molecular weight is 316 g/mol. The zero-order chi connectivity index (χ0) is 16.8. The van der Waals surface area contributed by atoms with E-state index in [2.05, 4.69) is 33.2 Å². The van der Waals surface area contributed by atoms with Gasteiger partial charge in [0.2, 0.25) is 5.76 Å². The molecule has 4 nitrogen and oxygen atoms in total. The number of nitrogens with one attached hydrogen (secondary N) is 1. The minimum atomic E-state index is -0.391. The summed E-state index contributed by atoms with van der Waals surface area (Å²) < 4.78 is 11.1. The summed E-state index contributed by atoms with van der Waals surface area (Å²) in [5.74, 6) is 0.755. The van der Waals surface area contributed by atoms with Crippen molar-refractivity contribution in [3.8, 4) is 0 Å². The maximum absolute atomic E-state index is 12.1. The number of hydrogen-bond donors (Lipinski definition) is 1. The first-order valence-electron chi connectivity index (χ1n) is 8.12. The van der Waals surface area contributed by atoms with Crippen LogP contribution in [-0.4, -0.2) is 32.7 Å². The lowest BCUT2D eigenvalue weighted by Gasteiger charge is -2.14. The highest BCUT2D eigenvalue weighted by Gasteiger charge is 2.19. The SMILES string of the molecule is CC(CC[NH+](C)C)OC(=O)c1ccc(C(C)c2ccccc2)o1. The Labute approximate surface area is 138 Å². The molecule has 23 heavy (non-hydrogen) atoms. The van der Waals surface area contributed by atoms with E-state index < -0.39 is 5.97 Å². The lowest BCUT2D eigenvalue weighted by molar-refractivity contribution is -0.858. The van der Waals surface area contributed by atoms with Crippen LogP contribution in [0.3, 0.4) is 0 Å². The molecule has 0 amide bonds. The summed E-state index contributed by atoms with van der Waals surface area (Å²) in [5, 5.41) is 0. The van der Waals surface area contributed by atoms with Gasteiger partial charge in [-0.25, -0.2) is 4.79 Å². The Morgan fingerprint density at radius 3 is 2.48 bits per heavy atom. The van der Waals surface area contributed by atoms with Crippen molar-refractivity contribution in [1.29, 1.82) is 0 Å². The van der Waals surface area contributed by atoms with Gasteiger partial charge in [0.15, 0.2) is 0 Å². The Bertz CT molecular complexity index is 619. The molecule has 1 aromatic heterocycles. The zero-order valence-corrected chi connectivity index (χ0v) is 14.3. The van der Waals surface area contributed by atoms with E-state index in [1.54, 1.807) is 6.07 Å². The third kappa shape index (κ3) is 4.96. The van der Waals surface area contributed by atoms with Crippen LogP contribution in [0.25, 0.3) is 0 Å². The first-order chi connectivity index (χ1) is 11.0. The second-order valence-electron chi connectivity index (χ2n) is 6.30. The quantitative estimate of drug-likeness (QED) is 0.798. The lowest BCUT2D eigenvalue weighted by Crippen LogP contribution is -3.05. The van der Waals surface area contributed by atoms with Crippen LogP contribution in [0.1, 0.15) is 48.1 Å². The predicted octanol–water partition coefficient (Wildman–Crippen LogP) is 2.51. The van der Waals surface area contributed by atoms with E-state index in [1.165, 1.54) is 4.90 Å². The van der Waals surface area contributed by atoms with Gasteiger partial charge >= 0.3 is 5.97 Å². The first-order valence-corrected chi connectivity index (χ1v) is 8.12. The maximum Gasteiger partial charge on any atom is 0.374 e. The fourth-order valence-corrected chi connectivity index (χ4v) is 2.39. The van der Waals surface area contributed by atoms with E-state index in [0.717, 1.165) is 24.3 Å². The van der Waals surface area contributed by atoms with Crippen LogP contribution < -0.4 is 4.90 Å². The van der Waals surface area contributed by atoms with E-state index in [1.807, 2.05) is 31.2 Å². The van der Waals surface area contributed by atoms with E-state index in [4.69, 9.17) is 9.15 Å². The normalized spacial score (nSPS) is 13.8. The van der Waals surface area contributed by atoms with Crippen molar-refractivity contribution in [3.63, 3.8) is 0 Å². The molecule has 2 unspecified atom stereocenters. The van der Waals surface area contributed by atoms with E-state index >= 15 is 0 Å². The van der Waals surface area contributed by atoms with Crippen LogP contribution in [0.4, 0.5) is 0 Å². The van der Waals surface area contributed by atoms with Gasteiger partial charge in [-0.05, 0) is 24.6 Å². The summed E-state index contributed by atoms with van der Waals surface area (Å²) >= 11 is 0. The first kappa shape index (κ1) is 17.3. The monoisotopic (exact) mass is 316 g/mol.